The summed E-state index contributed by atoms with van der Waals surface area (Å²) in [5, 5.41) is 9.93. The number of carbonyl (C=O) groups is 2. The van der Waals surface area contributed by atoms with Crippen LogP contribution in [-0.2, 0) is 4.79 Å². The first-order valence-corrected chi connectivity index (χ1v) is 8.52. The molecule has 2 saturated heterocycles. The molecule has 3 unspecified atom stereocenters. The van der Waals surface area contributed by atoms with Crippen LogP contribution in [0.2, 0.25) is 5.02 Å². The predicted molar refractivity (Wildman–Crippen MR) is 89.5 cm³/mol. The smallest absolute Gasteiger partial charge is 0.251 e. The van der Waals surface area contributed by atoms with E-state index in [-0.39, 0.29) is 17.9 Å². The maximum atomic E-state index is 12.3. The molecule has 6 heteroatoms. The van der Waals surface area contributed by atoms with Crippen LogP contribution in [0.15, 0.2) is 24.3 Å². The number of nitrogens with one attached hydrogen (secondary N) is 3. The summed E-state index contributed by atoms with van der Waals surface area (Å²) >= 11 is 5.81. The first kappa shape index (κ1) is 16.3. The van der Waals surface area contributed by atoms with Gasteiger partial charge in [-0.3, -0.25) is 9.59 Å². The zero-order valence-corrected chi connectivity index (χ0v) is 13.9. The Morgan fingerprint density at radius 1 is 1.17 bits per heavy atom. The Morgan fingerprint density at radius 3 is 2.39 bits per heavy atom. The summed E-state index contributed by atoms with van der Waals surface area (Å²) in [6, 6.07) is 7.30. The van der Waals surface area contributed by atoms with Crippen LogP contribution in [0.1, 0.15) is 43.0 Å². The van der Waals surface area contributed by atoms with Crippen molar-refractivity contribution >= 4 is 23.4 Å². The van der Waals surface area contributed by atoms with Crippen molar-refractivity contribution < 1.29 is 9.59 Å². The zero-order valence-electron chi connectivity index (χ0n) is 13.1. The van der Waals surface area contributed by atoms with Crippen molar-refractivity contribution in [3.05, 3.63) is 34.9 Å². The third kappa shape index (κ3) is 4.03. The number of amides is 2. The summed E-state index contributed by atoms with van der Waals surface area (Å²) in [4.78, 5) is 24.4. The van der Waals surface area contributed by atoms with E-state index in [4.69, 9.17) is 11.6 Å². The van der Waals surface area contributed by atoms with Gasteiger partial charge in [-0.05, 0) is 56.9 Å². The molecule has 3 atom stereocenters. The molecule has 2 aliphatic heterocycles. The van der Waals surface area contributed by atoms with Crippen LogP contribution in [-0.4, -0.2) is 36.0 Å². The average Bonchev–Trinajstić information content (AvgIpc) is 2.86. The van der Waals surface area contributed by atoms with Gasteiger partial charge >= 0.3 is 0 Å². The Balaban J connectivity index is 1.51. The highest BCUT2D eigenvalue weighted by molar-refractivity contribution is 6.30. The van der Waals surface area contributed by atoms with Crippen molar-refractivity contribution in [2.45, 2.75) is 56.8 Å². The van der Waals surface area contributed by atoms with Gasteiger partial charge in [0.05, 0.1) is 0 Å². The molecule has 0 aromatic heterocycles. The predicted octanol–water partition coefficient (Wildman–Crippen LogP) is 1.86. The summed E-state index contributed by atoms with van der Waals surface area (Å²) in [5.74, 6) is -0.395. The van der Waals surface area contributed by atoms with E-state index in [0.717, 1.165) is 12.8 Å². The maximum absolute atomic E-state index is 12.3. The molecule has 0 radical (unpaired) electrons. The number of piperidine rings is 1. The van der Waals surface area contributed by atoms with Gasteiger partial charge in [0.2, 0.25) is 5.91 Å². The number of hydrogen-bond donors (Lipinski definition) is 3. The summed E-state index contributed by atoms with van der Waals surface area (Å²) in [5.41, 5.74) is 0.494. The number of fused-ring (bicyclic) bond motifs is 2. The monoisotopic (exact) mass is 335 g/mol. The summed E-state index contributed by atoms with van der Waals surface area (Å²) in [7, 11) is 0. The first-order valence-electron chi connectivity index (χ1n) is 8.14. The highest BCUT2D eigenvalue weighted by Crippen LogP contribution is 2.26. The number of rotatable bonds is 4. The average molecular weight is 336 g/mol. The largest absolute Gasteiger partial charge is 0.351 e. The molecule has 2 fully saturated rings. The normalized spacial score (nSPS) is 27.3. The second-order valence-corrected chi connectivity index (χ2v) is 6.95. The van der Waals surface area contributed by atoms with E-state index >= 15 is 0 Å². The number of halogens is 1. The fourth-order valence-electron chi connectivity index (χ4n) is 3.45. The van der Waals surface area contributed by atoms with Gasteiger partial charge in [0.1, 0.15) is 6.04 Å². The van der Waals surface area contributed by atoms with Gasteiger partial charge in [0.15, 0.2) is 0 Å². The van der Waals surface area contributed by atoms with Crippen LogP contribution in [0, 0.1) is 0 Å². The van der Waals surface area contributed by atoms with Crippen LogP contribution < -0.4 is 16.0 Å². The van der Waals surface area contributed by atoms with Gasteiger partial charge in [-0.2, -0.15) is 0 Å². The van der Waals surface area contributed by atoms with Crippen LogP contribution in [0.5, 0.6) is 0 Å². The van der Waals surface area contributed by atoms with Gasteiger partial charge in [0.25, 0.3) is 5.91 Å². The number of benzene rings is 1. The minimum absolute atomic E-state index is 0.126. The standard InChI is InChI=1S/C17H22ClN3O2/c1-10(19-17(23)11-2-4-12(18)5-3-11)16(22)21-15-8-13-6-7-14(9-15)20-13/h2-5,10,13-15,20H,6-9H2,1H3,(H,19,23)(H,21,22). The van der Waals surface area contributed by atoms with Gasteiger partial charge in [-0.25, -0.2) is 0 Å². The molecule has 0 spiro atoms. The first-order chi connectivity index (χ1) is 11.0. The SMILES string of the molecule is CC(NC(=O)c1ccc(Cl)cc1)C(=O)NC1CC2CCC(C1)N2. The van der Waals surface area contributed by atoms with Crippen LogP contribution in [0.25, 0.3) is 0 Å². The van der Waals surface area contributed by atoms with Gasteiger partial charge in [0, 0.05) is 28.7 Å². The maximum Gasteiger partial charge on any atom is 0.251 e. The van der Waals surface area contributed by atoms with E-state index in [1.165, 1.54) is 12.8 Å². The molecule has 1 aromatic carbocycles. The fraction of sp³-hybridized carbons (Fsp3) is 0.529. The van der Waals surface area contributed by atoms with E-state index in [1.54, 1.807) is 31.2 Å². The molecule has 3 rings (SSSR count). The second kappa shape index (κ2) is 6.89. The molecule has 23 heavy (non-hydrogen) atoms. The van der Waals surface area contributed by atoms with E-state index < -0.39 is 6.04 Å². The van der Waals surface area contributed by atoms with Gasteiger partial charge < -0.3 is 16.0 Å². The Bertz CT molecular complexity index is 578. The highest BCUT2D eigenvalue weighted by atomic mass is 35.5. The summed E-state index contributed by atoms with van der Waals surface area (Å²) in [6.45, 7) is 1.71. The van der Waals surface area contributed by atoms with E-state index in [0.29, 0.717) is 22.7 Å². The molecular formula is C17H22ClN3O2. The number of carbonyl (C=O) groups excluding carboxylic acids is 2. The van der Waals surface area contributed by atoms with Crippen molar-refractivity contribution in [1.82, 2.24) is 16.0 Å². The second-order valence-electron chi connectivity index (χ2n) is 6.52. The molecule has 2 heterocycles. The Hall–Kier alpha value is -1.59. The Labute approximate surface area is 141 Å². The van der Waals surface area contributed by atoms with Crippen molar-refractivity contribution in [2.24, 2.45) is 0 Å². The molecule has 124 valence electrons. The van der Waals surface area contributed by atoms with E-state index in [1.807, 2.05) is 0 Å². The molecule has 2 bridgehead atoms. The van der Waals surface area contributed by atoms with E-state index in [2.05, 4.69) is 16.0 Å². The lowest BCUT2D eigenvalue weighted by molar-refractivity contribution is -0.123. The summed E-state index contributed by atoms with van der Waals surface area (Å²) < 4.78 is 0. The molecular weight excluding hydrogens is 314 g/mol. The van der Waals surface area contributed by atoms with Crippen molar-refractivity contribution in [2.75, 3.05) is 0 Å². The van der Waals surface area contributed by atoms with Crippen molar-refractivity contribution in [3.63, 3.8) is 0 Å². The topological polar surface area (TPSA) is 70.2 Å². The molecule has 0 saturated carbocycles. The third-order valence-corrected chi connectivity index (χ3v) is 4.92. The van der Waals surface area contributed by atoms with Crippen LogP contribution in [0.3, 0.4) is 0 Å². The van der Waals surface area contributed by atoms with Crippen molar-refractivity contribution in [3.8, 4) is 0 Å². The van der Waals surface area contributed by atoms with Crippen molar-refractivity contribution in [1.29, 1.82) is 0 Å². The minimum atomic E-state index is -0.564. The lowest BCUT2D eigenvalue weighted by Gasteiger charge is -2.30. The molecule has 5 nitrogen and oxygen atoms in total. The quantitative estimate of drug-likeness (QED) is 0.786. The van der Waals surface area contributed by atoms with Crippen LogP contribution in [0.4, 0.5) is 0 Å². The molecule has 1 aromatic rings. The Kier molecular flexibility index (Phi) is 4.87. The Morgan fingerprint density at radius 2 is 1.78 bits per heavy atom. The lowest BCUT2D eigenvalue weighted by Crippen LogP contribution is -2.52. The lowest BCUT2D eigenvalue weighted by atomic mass is 9.99. The van der Waals surface area contributed by atoms with Gasteiger partial charge in [-0.1, -0.05) is 11.6 Å². The number of hydrogen-bond acceptors (Lipinski definition) is 3. The zero-order chi connectivity index (χ0) is 16.4. The molecule has 2 aliphatic rings. The fourth-order valence-corrected chi connectivity index (χ4v) is 3.57. The minimum Gasteiger partial charge on any atom is -0.351 e. The molecule has 3 N–H and O–H groups in total. The third-order valence-electron chi connectivity index (χ3n) is 4.67. The highest BCUT2D eigenvalue weighted by Gasteiger charge is 2.34. The van der Waals surface area contributed by atoms with Crippen LogP contribution >= 0.6 is 11.6 Å². The summed E-state index contributed by atoms with van der Waals surface area (Å²) in [6.07, 6.45) is 4.33. The molecule has 0 aliphatic carbocycles. The molecule has 2 amide bonds. The van der Waals surface area contributed by atoms with Gasteiger partial charge in [-0.15, -0.1) is 0 Å². The van der Waals surface area contributed by atoms with E-state index in [9.17, 15) is 9.59 Å².